The molecule has 0 atom stereocenters. The van der Waals surface area contributed by atoms with E-state index in [-0.39, 0.29) is 5.41 Å². The van der Waals surface area contributed by atoms with Gasteiger partial charge in [0.05, 0.1) is 0 Å². The maximum atomic E-state index is 6.32. The van der Waals surface area contributed by atoms with E-state index in [0.717, 1.165) is 29.8 Å². The van der Waals surface area contributed by atoms with Gasteiger partial charge in [0.25, 0.3) is 0 Å². The summed E-state index contributed by atoms with van der Waals surface area (Å²) in [6, 6.07) is 7.91. The zero-order valence-corrected chi connectivity index (χ0v) is 13.3. The molecule has 18 heavy (non-hydrogen) atoms. The highest BCUT2D eigenvalue weighted by Crippen LogP contribution is 2.39. The van der Waals surface area contributed by atoms with Crippen LogP contribution in [0.2, 0.25) is 5.02 Å². The van der Waals surface area contributed by atoms with Gasteiger partial charge in [0.15, 0.2) is 0 Å². The van der Waals surface area contributed by atoms with Crippen LogP contribution in [0.4, 0.5) is 0 Å². The van der Waals surface area contributed by atoms with Crippen LogP contribution in [0.1, 0.15) is 38.7 Å². The topological polar surface area (TPSA) is 0 Å². The number of benzene rings is 1. The van der Waals surface area contributed by atoms with Crippen LogP contribution in [0.15, 0.2) is 24.3 Å². The Bertz CT molecular complexity index is 355. The highest BCUT2D eigenvalue weighted by molar-refractivity contribution is 6.32. The predicted molar refractivity (Wildman–Crippen MR) is 83.3 cm³/mol. The second kappa shape index (κ2) is 7.62. The van der Waals surface area contributed by atoms with Crippen LogP contribution in [0.5, 0.6) is 0 Å². The maximum Gasteiger partial charge on any atom is 0.0444 e. The van der Waals surface area contributed by atoms with Crippen molar-refractivity contribution in [2.45, 2.75) is 38.5 Å². The van der Waals surface area contributed by atoms with E-state index in [2.05, 4.69) is 19.9 Å². The molecular formula is C15H21Cl3. The van der Waals surface area contributed by atoms with Gasteiger partial charge in [-0.3, -0.25) is 0 Å². The summed E-state index contributed by atoms with van der Waals surface area (Å²) in [6.07, 6.45) is 3.30. The van der Waals surface area contributed by atoms with Crippen LogP contribution in [0.3, 0.4) is 0 Å². The van der Waals surface area contributed by atoms with E-state index < -0.39 is 0 Å². The van der Waals surface area contributed by atoms with Crippen LogP contribution in [-0.2, 0) is 5.41 Å². The first kappa shape index (κ1) is 16.1. The van der Waals surface area contributed by atoms with Crippen molar-refractivity contribution in [1.82, 2.24) is 0 Å². The van der Waals surface area contributed by atoms with E-state index in [9.17, 15) is 0 Å². The van der Waals surface area contributed by atoms with E-state index in [1.54, 1.807) is 0 Å². The Kier molecular flexibility index (Phi) is 6.84. The van der Waals surface area contributed by atoms with Gasteiger partial charge in [0.1, 0.15) is 0 Å². The first-order valence-corrected chi connectivity index (χ1v) is 7.95. The normalized spacial score (nSPS) is 12.1. The molecule has 1 aromatic carbocycles. The summed E-state index contributed by atoms with van der Waals surface area (Å²) in [5.74, 6) is 1.66. The molecule has 0 saturated heterocycles. The monoisotopic (exact) mass is 306 g/mol. The van der Waals surface area contributed by atoms with Gasteiger partial charge in [0.2, 0.25) is 0 Å². The summed E-state index contributed by atoms with van der Waals surface area (Å²) in [4.78, 5) is 0. The summed E-state index contributed by atoms with van der Waals surface area (Å²) in [6.45, 7) is 4.43. The molecule has 0 bridgehead atoms. The lowest BCUT2D eigenvalue weighted by Crippen LogP contribution is -2.33. The molecule has 0 aliphatic carbocycles. The molecule has 0 amide bonds. The van der Waals surface area contributed by atoms with Crippen LogP contribution < -0.4 is 0 Å². The van der Waals surface area contributed by atoms with Crippen molar-refractivity contribution in [1.29, 1.82) is 0 Å². The van der Waals surface area contributed by atoms with Crippen molar-refractivity contribution in [3.63, 3.8) is 0 Å². The quantitative estimate of drug-likeness (QED) is 0.552. The van der Waals surface area contributed by atoms with Gasteiger partial charge in [-0.2, -0.15) is 0 Å². The second-order valence-electron chi connectivity index (χ2n) is 4.91. The molecule has 0 N–H and O–H groups in total. The fourth-order valence-corrected chi connectivity index (χ4v) is 3.55. The molecule has 3 heteroatoms. The van der Waals surface area contributed by atoms with E-state index in [4.69, 9.17) is 34.8 Å². The molecule has 0 spiro atoms. The van der Waals surface area contributed by atoms with Crippen LogP contribution >= 0.6 is 34.8 Å². The Labute approximate surface area is 126 Å². The highest BCUT2D eigenvalue weighted by atomic mass is 35.5. The lowest BCUT2D eigenvalue weighted by Gasteiger charge is -2.34. The van der Waals surface area contributed by atoms with Gasteiger partial charge in [-0.15, -0.1) is 23.2 Å². The summed E-state index contributed by atoms with van der Waals surface area (Å²) in [5.41, 5.74) is 0.876. The Morgan fingerprint density at radius 2 is 1.61 bits per heavy atom. The lowest BCUT2D eigenvalue weighted by atomic mass is 9.75. The van der Waals surface area contributed by atoms with Crippen molar-refractivity contribution in [2.24, 2.45) is 5.92 Å². The van der Waals surface area contributed by atoms with E-state index >= 15 is 0 Å². The van der Waals surface area contributed by atoms with Crippen LogP contribution in [-0.4, -0.2) is 11.8 Å². The minimum Gasteiger partial charge on any atom is -0.126 e. The third-order valence-electron chi connectivity index (χ3n) is 3.79. The largest absolute Gasteiger partial charge is 0.126 e. The predicted octanol–water partition coefficient (Wildman–Crippen LogP) is 5.88. The van der Waals surface area contributed by atoms with Gasteiger partial charge in [-0.05, 0) is 24.0 Å². The van der Waals surface area contributed by atoms with Crippen molar-refractivity contribution in [3.8, 4) is 0 Å². The number of alkyl halides is 2. The van der Waals surface area contributed by atoms with Gasteiger partial charge in [-0.25, -0.2) is 0 Å². The first-order chi connectivity index (χ1) is 8.63. The molecule has 0 unspecified atom stereocenters. The van der Waals surface area contributed by atoms with Gasteiger partial charge >= 0.3 is 0 Å². The Morgan fingerprint density at radius 3 is 2.06 bits per heavy atom. The molecule has 0 aliphatic rings. The van der Waals surface area contributed by atoms with Crippen LogP contribution in [0.25, 0.3) is 0 Å². The molecular weight excluding hydrogens is 287 g/mol. The van der Waals surface area contributed by atoms with E-state index in [0.29, 0.717) is 17.7 Å². The number of halogens is 3. The third kappa shape index (κ3) is 3.56. The summed E-state index contributed by atoms with van der Waals surface area (Å²) < 4.78 is 0. The van der Waals surface area contributed by atoms with Crippen molar-refractivity contribution >= 4 is 34.8 Å². The Hall–Kier alpha value is 0.0900. The third-order valence-corrected chi connectivity index (χ3v) is 5.14. The van der Waals surface area contributed by atoms with E-state index in [1.165, 1.54) is 0 Å². The standard InChI is InChI=1S/C15H21Cl3/c1-3-12(4-2)9-15(10-16,11-17)13-7-5-6-8-14(13)18/h5-8,12H,3-4,9-11H2,1-2H3. The van der Waals surface area contributed by atoms with Gasteiger partial charge in [0, 0.05) is 22.2 Å². The average Bonchev–Trinajstić information content (AvgIpc) is 2.42. The van der Waals surface area contributed by atoms with Gasteiger partial charge < -0.3 is 0 Å². The molecule has 0 heterocycles. The molecule has 0 aliphatic heterocycles. The van der Waals surface area contributed by atoms with E-state index in [1.807, 2.05) is 18.2 Å². The molecule has 0 radical (unpaired) electrons. The number of hydrogen-bond acceptors (Lipinski definition) is 0. The van der Waals surface area contributed by atoms with Gasteiger partial charge in [-0.1, -0.05) is 56.5 Å². The van der Waals surface area contributed by atoms with Crippen molar-refractivity contribution in [2.75, 3.05) is 11.8 Å². The zero-order valence-electron chi connectivity index (χ0n) is 11.1. The van der Waals surface area contributed by atoms with Crippen molar-refractivity contribution < 1.29 is 0 Å². The minimum absolute atomic E-state index is 0.210. The molecule has 1 rings (SSSR count). The molecule has 102 valence electrons. The smallest absolute Gasteiger partial charge is 0.0444 e. The zero-order chi connectivity index (χ0) is 13.6. The maximum absolute atomic E-state index is 6.32. The summed E-state index contributed by atoms with van der Waals surface area (Å²) in [5, 5.41) is 0.768. The molecule has 0 aromatic heterocycles. The molecule has 0 saturated carbocycles. The second-order valence-corrected chi connectivity index (χ2v) is 5.86. The van der Waals surface area contributed by atoms with Crippen molar-refractivity contribution in [3.05, 3.63) is 34.9 Å². The molecule has 1 aromatic rings. The highest BCUT2D eigenvalue weighted by Gasteiger charge is 2.34. The molecule has 0 fully saturated rings. The lowest BCUT2D eigenvalue weighted by molar-refractivity contribution is 0.349. The summed E-state index contributed by atoms with van der Waals surface area (Å²) >= 11 is 18.8. The SMILES string of the molecule is CCC(CC)CC(CCl)(CCl)c1ccccc1Cl. The number of rotatable bonds is 7. The summed E-state index contributed by atoms with van der Waals surface area (Å²) in [7, 11) is 0. The Morgan fingerprint density at radius 1 is 1.06 bits per heavy atom. The Balaban J connectivity index is 3.10. The first-order valence-electron chi connectivity index (χ1n) is 6.50. The minimum atomic E-state index is -0.210. The van der Waals surface area contributed by atoms with Crippen LogP contribution in [0, 0.1) is 5.92 Å². The number of hydrogen-bond donors (Lipinski definition) is 0. The molecule has 0 nitrogen and oxygen atoms in total. The average molecular weight is 308 g/mol. The fraction of sp³-hybridized carbons (Fsp3) is 0.600. The fourth-order valence-electron chi connectivity index (χ4n) is 2.42.